The van der Waals surface area contributed by atoms with E-state index in [0.717, 1.165) is 10.3 Å². The fourth-order valence-corrected chi connectivity index (χ4v) is 6.27. The van der Waals surface area contributed by atoms with Gasteiger partial charge in [-0.15, -0.1) is 11.8 Å². The zero-order chi connectivity index (χ0) is 22.5. The molecule has 0 radical (unpaired) electrons. The molecule has 9 heteroatoms. The van der Waals surface area contributed by atoms with Crippen LogP contribution in [0.15, 0.2) is 21.8 Å². The Labute approximate surface area is 185 Å². The molecule has 0 spiro atoms. The molecular weight excluding hydrogens is 435 g/mol. The van der Waals surface area contributed by atoms with Gasteiger partial charge in [0.2, 0.25) is 0 Å². The second-order valence-corrected chi connectivity index (χ2v) is 9.52. The molecule has 1 unspecified atom stereocenters. The number of cyclic esters (lactones) is 1. The van der Waals surface area contributed by atoms with E-state index in [1.807, 2.05) is 0 Å². The number of pyridine rings is 2. The van der Waals surface area contributed by atoms with E-state index in [9.17, 15) is 24.2 Å². The van der Waals surface area contributed by atoms with Crippen LogP contribution in [0.1, 0.15) is 47.3 Å². The van der Waals surface area contributed by atoms with Crippen LogP contribution in [-0.4, -0.2) is 31.5 Å². The summed E-state index contributed by atoms with van der Waals surface area (Å²) in [7, 11) is 0. The van der Waals surface area contributed by atoms with Crippen LogP contribution in [0.5, 0.6) is 0 Å². The number of thioether (sulfide) groups is 1. The molecule has 0 saturated carbocycles. The molecule has 1 aromatic carbocycles. The minimum absolute atomic E-state index is 0.0504. The van der Waals surface area contributed by atoms with Gasteiger partial charge in [-0.3, -0.25) is 4.79 Å². The van der Waals surface area contributed by atoms with Crippen LogP contribution < -0.4 is 5.56 Å². The van der Waals surface area contributed by atoms with Gasteiger partial charge in [-0.2, -0.15) is 0 Å². The van der Waals surface area contributed by atoms with Gasteiger partial charge in [0.05, 0.1) is 35.1 Å². The van der Waals surface area contributed by atoms with Gasteiger partial charge in [0.15, 0.2) is 5.60 Å². The number of aliphatic hydroxyl groups excluding tert-OH is 1. The largest absolute Gasteiger partial charge is 0.458 e. The Hall–Kier alpha value is -2.75. The summed E-state index contributed by atoms with van der Waals surface area (Å²) in [5.74, 6) is -0.785. The van der Waals surface area contributed by atoms with Crippen molar-refractivity contribution in [3.05, 3.63) is 56.1 Å². The summed E-state index contributed by atoms with van der Waals surface area (Å²) in [6.45, 7) is 3.35. The Balaban J connectivity index is 1.70. The van der Waals surface area contributed by atoms with Crippen molar-refractivity contribution in [2.75, 3.05) is 5.75 Å². The van der Waals surface area contributed by atoms with E-state index in [4.69, 9.17) is 9.72 Å². The van der Waals surface area contributed by atoms with Crippen molar-refractivity contribution in [2.45, 2.75) is 50.0 Å². The number of carbonyl (C=O) groups is 1. The number of carbonyl (C=O) groups excluding carboxylic acids is 1. The van der Waals surface area contributed by atoms with Crippen LogP contribution in [0.25, 0.3) is 22.3 Å². The van der Waals surface area contributed by atoms with E-state index < -0.39 is 17.7 Å². The Morgan fingerprint density at radius 2 is 2.12 bits per heavy atom. The smallest absolute Gasteiger partial charge is 0.343 e. The zero-order valence-electron chi connectivity index (χ0n) is 17.4. The average Bonchev–Trinajstić information content (AvgIpc) is 3.14. The van der Waals surface area contributed by atoms with E-state index in [1.165, 1.54) is 22.4 Å². The van der Waals surface area contributed by atoms with E-state index in [1.54, 1.807) is 19.9 Å². The van der Waals surface area contributed by atoms with Gasteiger partial charge in [-0.1, -0.05) is 6.92 Å². The van der Waals surface area contributed by atoms with Crippen LogP contribution in [0.4, 0.5) is 4.39 Å². The normalized spacial score (nSPS) is 23.0. The maximum absolute atomic E-state index is 14.6. The molecule has 32 heavy (non-hydrogen) atoms. The van der Waals surface area contributed by atoms with Gasteiger partial charge < -0.3 is 19.5 Å². The number of hydrogen-bond donors (Lipinski definition) is 2. The number of benzene rings is 1. The van der Waals surface area contributed by atoms with Crippen LogP contribution in [0.3, 0.4) is 0 Å². The van der Waals surface area contributed by atoms with Gasteiger partial charge in [-0.05, 0) is 30.5 Å². The summed E-state index contributed by atoms with van der Waals surface area (Å²) >= 11 is 1.40. The van der Waals surface area contributed by atoms with Gasteiger partial charge in [0.25, 0.3) is 5.56 Å². The number of halogens is 1. The zero-order valence-corrected chi connectivity index (χ0v) is 18.2. The lowest BCUT2D eigenvalue weighted by atomic mass is 9.86. The Morgan fingerprint density at radius 1 is 1.34 bits per heavy atom. The lowest BCUT2D eigenvalue weighted by Gasteiger charge is -2.31. The standard InChI is InChI=1S/C23H19FN2O5S/c1-3-23(30)12-4-15-19-10(6-26(15)21(28)11(12)7-31-22(23)29)17-16(27)8-32-20-9(2)13(24)5-14(25-19)18(17)20/h4-5,16,27,30H,3,6-8H2,1-2H3/t16?,23-/m0/s1. The monoisotopic (exact) mass is 454 g/mol. The molecule has 0 aliphatic carbocycles. The first-order valence-electron chi connectivity index (χ1n) is 10.4. The number of aromatic nitrogens is 2. The van der Waals surface area contributed by atoms with Crippen LogP contribution in [-0.2, 0) is 28.3 Å². The first-order valence-corrected chi connectivity index (χ1v) is 11.4. The molecular formula is C23H19FN2O5S. The van der Waals surface area contributed by atoms with Crippen molar-refractivity contribution >= 4 is 28.6 Å². The van der Waals surface area contributed by atoms with Crippen LogP contribution in [0, 0.1) is 12.7 Å². The van der Waals surface area contributed by atoms with E-state index in [-0.39, 0.29) is 42.1 Å². The number of fused-ring (bicyclic) bond motifs is 5. The summed E-state index contributed by atoms with van der Waals surface area (Å²) in [5, 5.41) is 22.6. The summed E-state index contributed by atoms with van der Waals surface area (Å²) < 4.78 is 21.2. The molecule has 3 aliphatic rings. The number of aliphatic hydroxyl groups is 2. The second-order valence-electron chi connectivity index (χ2n) is 8.49. The van der Waals surface area contributed by atoms with Crippen LogP contribution >= 0.6 is 11.8 Å². The predicted molar refractivity (Wildman–Crippen MR) is 115 cm³/mol. The van der Waals surface area contributed by atoms with Gasteiger partial charge >= 0.3 is 5.97 Å². The summed E-state index contributed by atoms with van der Waals surface area (Å²) in [4.78, 5) is 31.1. The van der Waals surface area contributed by atoms with Crippen molar-refractivity contribution in [2.24, 2.45) is 0 Å². The fraction of sp³-hybridized carbons (Fsp3) is 0.348. The Morgan fingerprint density at radius 3 is 2.88 bits per heavy atom. The minimum Gasteiger partial charge on any atom is -0.458 e. The minimum atomic E-state index is -1.91. The molecule has 2 atom stereocenters. The molecule has 3 aromatic rings. The van der Waals surface area contributed by atoms with Crippen molar-refractivity contribution < 1.29 is 24.1 Å². The number of hydrogen-bond acceptors (Lipinski definition) is 7. The molecule has 164 valence electrons. The number of ether oxygens (including phenoxy) is 1. The highest BCUT2D eigenvalue weighted by Gasteiger charge is 2.45. The quantitative estimate of drug-likeness (QED) is 0.427. The number of rotatable bonds is 1. The Kier molecular flexibility index (Phi) is 3.98. The Bertz CT molecular complexity index is 1450. The van der Waals surface area contributed by atoms with Gasteiger partial charge in [0, 0.05) is 33.2 Å². The third kappa shape index (κ3) is 2.31. The van der Waals surface area contributed by atoms with Crippen molar-refractivity contribution in [1.82, 2.24) is 9.55 Å². The fourth-order valence-electron chi connectivity index (χ4n) is 5.10. The van der Waals surface area contributed by atoms with Crippen molar-refractivity contribution in [3.63, 3.8) is 0 Å². The molecule has 2 N–H and O–H groups in total. The highest BCUT2D eigenvalue weighted by molar-refractivity contribution is 7.99. The topological polar surface area (TPSA) is 102 Å². The van der Waals surface area contributed by atoms with Gasteiger partial charge in [-0.25, -0.2) is 14.2 Å². The summed E-state index contributed by atoms with van der Waals surface area (Å²) in [5.41, 5.74) is 1.39. The first-order chi connectivity index (χ1) is 15.3. The molecule has 0 bridgehead atoms. The third-order valence-electron chi connectivity index (χ3n) is 6.88. The van der Waals surface area contributed by atoms with E-state index >= 15 is 0 Å². The van der Waals surface area contributed by atoms with Crippen LogP contribution in [0.2, 0.25) is 0 Å². The van der Waals surface area contributed by atoms with Gasteiger partial charge in [0.1, 0.15) is 12.4 Å². The average molecular weight is 454 g/mol. The van der Waals surface area contributed by atoms with E-state index in [0.29, 0.717) is 39.3 Å². The lowest BCUT2D eigenvalue weighted by molar-refractivity contribution is -0.172. The third-order valence-corrected chi connectivity index (χ3v) is 8.16. The highest BCUT2D eigenvalue weighted by Crippen LogP contribution is 2.48. The molecule has 7 nitrogen and oxygen atoms in total. The second kappa shape index (κ2) is 6.40. The predicted octanol–water partition coefficient (Wildman–Crippen LogP) is 2.67. The lowest BCUT2D eigenvalue weighted by Crippen LogP contribution is -2.44. The molecule has 2 aromatic heterocycles. The van der Waals surface area contributed by atoms with Crippen molar-refractivity contribution in [3.8, 4) is 11.4 Å². The molecule has 5 heterocycles. The highest BCUT2D eigenvalue weighted by atomic mass is 32.2. The SMILES string of the molecule is CC[C@@]1(O)C(=O)OCc2c1cc1n(c2=O)Cc2c-1nc1cc(F)c(C)c3c1c2C(O)CS3. The van der Waals surface area contributed by atoms with E-state index in [2.05, 4.69) is 0 Å². The first kappa shape index (κ1) is 19.9. The summed E-state index contributed by atoms with van der Waals surface area (Å²) in [6.07, 6.45) is -0.733. The number of nitrogens with zero attached hydrogens (tertiary/aromatic N) is 2. The molecule has 3 aliphatic heterocycles. The molecule has 0 saturated heterocycles. The molecule has 0 amide bonds. The number of esters is 1. The van der Waals surface area contributed by atoms with Crippen molar-refractivity contribution in [1.29, 1.82) is 0 Å². The maximum Gasteiger partial charge on any atom is 0.343 e. The summed E-state index contributed by atoms with van der Waals surface area (Å²) in [6, 6.07) is 2.98. The maximum atomic E-state index is 14.6. The molecule has 0 fully saturated rings. The molecule has 6 rings (SSSR count).